The Morgan fingerprint density at radius 1 is 0.960 bits per heavy atom. The van der Waals surface area contributed by atoms with Crippen molar-refractivity contribution in [3.05, 3.63) is 86.8 Å². The van der Waals surface area contributed by atoms with Crippen molar-refractivity contribution in [3.8, 4) is 5.69 Å². The summed E-state index contributed by atoms with van der Waals surface area (Å²) in [6.07, 6.45) is 0. The van der Waals surface area contributed by atoms with Crippen LogP contribution in [0.1, 0.15) is 39.7 Å². The molecule has 3 rings (SSSR count). The third-order valence-corrected chi connectivity index (χ3v) is 4.69. The molecule has 0 radical (unpaired) electrons. The van der Waals surface area contributed by atoms with Crippen LogP contribution in [0.5, 0.6) is 0 Å². The molecule has 0 saturated carbocycles. The second-order valence-electron chi connectivity index (χ2n) is 6.26. The number of rotatable bonds is 4. The summed E-state index contributed by atoms with van der Waals surface area (Å²) in [5, 5.41) is 0. The minimum absolute atomic E-state index is 0.229. The van der Waals surface area contributed by atoms with Crippen LogP contribution in [0.25, 0.3) is 5.69 Å². The van der Waals surface area contributed by atoms with Crippen molar-refractivity contribution >= 4 is 5.78 Å². The standard InChI is InChI=1S/C21H22N2O2/c1-5-22-16(4)19(20(24)17-9-7-6-8-10-17)21(25)23(22)18-12-11-14(2)15(3)13-18/h6-13H,5H2,1-4H3. The molecule has 4 nitrogen and oxygen atoms in total. The topological polar surface area (TPSA) is 44.0 Å². The average Bonchev–Trinajstić information content (AvgIpc) is 2.87. The number of nitrogens with zero attached hydrogens (tertiary/aromatic N) is 2. The van der Waals surface area contributed by atoms with Crippen molar-refractivity contribution < 1.29 is 4.79 Å². The Morgan fingerprint density at radius 2 is 1.64 bits per heavy atom. The van der Waals surface area contributed by atoms with E-state index in [0.29, 0.717) is 17.8 Å². The average molecular weight is 334 g/mol. The fourth-order valence-corrected chi connectivity index (χ4v) is 3.14. The molecule has 128 valence electrons. The van der Waals surface area contributed by atoms with E-state index in [4.69, 9.17) is 0 Å². The lowest BCUT2D eigenvalue weighted by molar-refractivity contribution is 0.103. The van der Waals surface area contributed by atoms with E-state index in [2.05, 4.69) is 0 Å². The molecule has 4 heteroatoms. The smallest absolute Gasteiger partial charge is 0.282 e. The molecule has 0 aliphatic heterocycles. The zero-order valence-corrected chi connectivity index (χ0v) is 15.0. The molecule has 2 aromatic carbocycles. The molecular weight excluding hydrogens is 312 g/mol. The number of hydrogen-bond donors (Lipinski definition) is 0. The van der Waals surface area contributed by atoms with E-state index in [1.165, 1.54) is 5.56 Å². The number of hydrogen-bond acceptors (Lipinski definition) is 2. The molecule has 0 bridgehead atoms. The Labute approximate surface area is 147 Å². The molecular formula is C21H22N2O2. The van der Waals surface area contributed by atoms with Crippen molar-refractivity contribution in [1.29, 1.82) is 0 Å². The first-order valence-electron chi connectivity index (χ1n) is 8.45. The Hall–Kier alpha value is -2.88. The lowest BCUT2D eigenvalue weighted by Crippen LogP contribution is -2.24. The fourth-order valence-electron chi connectivity index (χ4n) is 3.14. The summed E-state index contributed by atoms with van der Waals surface area (Å²) >= 11 is 0. The quantitative estimate of drug-likeness (QED) is 0.681. The van der Waals surface area contributed by atoms with Crippen LogP contribution >= 0.6 is 0 Å². The van der Waals surface area contributed by atoms with Gasteiger partial charge >= 0.3 is 0 Å². The zero-order chi connectivity index (χ0) is 18.1. The minimum Gasteiger partial charge on any atom is -0.288 e. The normalized spacial score (nSPS) is 10.9. The molecule has 0 amide bonds. The van der Waals surface area contributed by atoms with Gasteiger partial charge < -0.3 is 0 Å². The fraction of sp³-hybridized carbons (Fsp3) is 0.238. The summed E-state index contributed by atoms with van der Waals surface area (Å²) in [6.45, 7) is 8.47. The van der Waals surface area contributed by atoms with Crippen LogP contribution in [-0.4, -0.2) is 15.1 Å². The molecule has 0 aliphatic rings. The van der Waals surface area contributed by atoms with Crippen LogP contribution < -0.4 is 5.56 Å². The summed E-state index contributed by atoms with van der Waals surface area (Å²) < 4.78 is 3.47. The van der Waals surface area contributed by atoms with Crippen molar-refractivity contribution in [1.82, 2.24) is 9.36 Å². The Bertz CT molecular complexity index is 995. The summed E-state index contributed by atoms with van der Waals surface area (Å²) in [4.78, 5) is 26.0. The Balaban J connectivity index is 2.23. The van der Waals surface area contributed by atoms with Gasteiger partial charge in [-0.3, -0.25) is 14.3 Å². The third-order valence-electron chi connectivity index (χ3n) is 4.69. The highest BCUT2D eigenvalue weighted by Gasteiger charge is 2.24. The summed E-state index contributed by atoms with van der Waals surface area (Å²) in [6, 6.07) is 14.9. The second-order valence-corrected chi connectivity index (χ2v) is 6.26. The van der Waals surface area contributed by atoms with Crippen molar-refractivity contribution in [3.63, 3.8) is 0 Å². The molecule has 0 fully saturated rings. The third kappa shape index (κ3) is 2.84. The van der Waals surface area contributed by atoms with Crippen molar-refractivity contribution in [2.75, 3.05) is 0 Å². The number of aryl methyl sites for hydroxylation is 2. The molecule has 0 atom stereocenters. The molecule has 25 heavy (non-hydrogen) atoms. The lowest BCUT2D eigenvalue weighted by atomic mass is 10.0. The van der Waals surface area contributed by atoms with Gasteiger partial charge in [0, 0.05) is 17.8 Å². The number of carbonyl (C=O) groups excluding carboxylic acids is 1. The Kier molecular flexibility index (Phi) is 4.45. The Morgan fingerprint density at radius 3 is 2.24 bits per heavy atom. The van der Waals surface area contributed by atoms with Gasteiger partial charge in [-0.25, -0.2) is 4.68 Å². The van der Waals surface area contributed by atoms with Crippen LogP contribution in [0.3, 0.4) is 0 Å². The maximum absolute atomic E-state index is 13.1. The first-order chi connectivity index (χ1) is 12.0. The van der Waals surface area contributed by atoms with Crippen LogP contribution in [0.2, 0.25) is 0 Å². The van der Waals surface area contributed by atoms with Gasteiger partial charge in [-0.05, 0) is 51.0 Å². The van der Waals surface area contributed by atoms with E-state index in [9.17, 15) is 9.59 Å². The van der Waals surface area contributed by atoms with Crippen LogP contribution in [0.4, 0.5) is 0 Å². The highest BCUT2D eigenvalue weighted by molar-refractivity contribution is 6.09. The predicted octanol–water partition coefficient (Wildman–Crippen LogP) is 3.82. The second kappa shape index (κ2) is 6.55. The number of benzene rings is 2. The predicted molar refractivity (Wildman–Crippen MR) is 99.8 cm³/mol. The maximum atomic E-state index is 13.1. The molecule has 0 unspecified atom stereocenters. The molecule has 0 aliphatic carbocycles. The highest BCUT2D eigenvalue weighted by Crippen LogP contribution is 2.17. The van der Waals surface area contributed by atoms with Crippen LogP contribution in [0.15, 0.2) is 53.3 Å². The highest BCUT2D eigenvalue weighted by atomic mass is 16.2. The summed E-state index contributed by atoms with van der Waals surface area (Å²) in [7, 11) is 0. The van der Waals surface area contributed by atoms with E-state index in [-0.39, 0.29) is 16.9 Å². The molecule has 0 saturated heterocycles. The zero-order valence-electron chi connectivity index (χ0n) is 15.0. The van der Waals surface area contributed by atoms with Gasteiger partial charge in [0.15, 0.2) is 5.78 Å². The monoisotopic (exact) mass is 334 g/mol. The maximum Gasteiger partial charge on any atom is 0.282 e. The lowest BCUT2D eigenvalue weighted by Gasteiger charge is -2.12. The van der Waals surface area contributed by atoms with Crippen LogP contribution in [-0.2, 0) is 6.54 Å². The molecule has 1 aromatic heterocycles. The van der Waals surface area contributed by atoms with E-state index >= 15 is 0 Å². The first-order valence-corrected chi connectivity index (χ1v) is 8.45. The molecule has 3 aromatic rings. The van der Waals surface area contributed by atoms with E-state index in [0.717, 1.165) is 11.3 Å². The van der Waals surface area contributed by atoms with Crippen LogP contribution in [0, 0.1) is 20.8 Å². The SMILES string of the molecule is CCn1c(C)c(C(=O)c2ccccc2)c(=O)n1-c1ccc(C)c(C)c1. The summed E-state index contributed by atoms with van der Waals surface area (Å²) in [5.74, 6) is -0.229. The van der Waals surface area contributed by atoms with Gasteiger partial charge in [0.2, 0.25) is 0 Å². The van der Waals surface area contributed by atoms with Gasteiger partial charge in [0.05, 0.1) is 5.69 Å². The summed E-state index contributed by atoms with van der Waals surface area (Å²) in [5.41, 5.74) is 4.27. The largest absolute Gasteiger partial charge is 0.288 e. The first kappa shape index (κ1) is 17.0. The van der Waals surface area contributed by atoms with E-state index < -0.39 is 0 Å². The van der Waals surface area contributed by atoms with Crippen molar-refractivity contribution in [2.45, 2.75) is 34.2 Å². The van der Waals surface area contributed by atoms with E-state index in [1.54, 1.807) is 28.9 Å². The minimum atomic E-state index is -0.267. The number of aromatic nitrogens is 2. The molecule has 0 N–H and O–H groups in total. The van der Waals surface area contributed by atoms with Gasteiger partial charge in [0.1, 0.15) is 5.56 Å². The van der Waals surface area contributed by atoms with Gasteiger partial charge in [-0.15, -0.1) is 0 Å². The van der Waals surface area contributed by atoms with Gasteiger partial charge in [0.25, 0.3) is 5.56 Å². The van der Waals surface area contributed by atoms with Gasteiger partial charge in [-0.2, -0.15) is 0 Å². The number of ketones is 1. The molecule has 0 spiro atoms. The van der Waals surface area contributed by atoms with E-state index in [1.807, 2.05) is 56.6 Å². The number of carbonyl (C=O) groups is 1. The van der Waals surface area contributed by atoms with Crippen molar-refractivity contribution in [2.24, 2.45) is 0 Å². The van der Waals surface area contributed by atoms with Gasteiger partial charge in [-0.1, -0.05) is 36.4 Å². The molecule has 1 heterocycles.